The fourth-order valence-corrected chi connectivity index (χ4v) is 2.89. The van der Waals surface area contributed by atoms with Crippen LogP contribution in [0.2, 0.25) is 0 Å². The predicted octanol–water partition coefficient (Wildman–Crippen LogP) is 2.43. The van der Waals surface area contributed by atoms with Crippen LogP contribution in [0.1, 0.15) is 40.9 Å². The molecule has 0 aromatic heterocycles. The van der Waals surface area contributed by atoms with Crippen molar-refractivity contribution < 1.29 is 14.3 Å². The van der Waals surface area contributed by atoms with Gasteiger partial charge in [-0.05, 0) is 31.4 Å². The second-order valence-corrected chi connectivity index (χ2v) is 5.10. The predicted molar refractivity (Wildman–Crippen MR) is 72.6 cm³/mol. The van der Waals surface area contributed by atoms with Crippen molar-refractivity contribution in [1.29, 1.82) is 0 Å². The van der Waals surface area contributed by atoms with E-state index in [4.69, 9.17) is 9.47 Å². The number of amides is 1. The van der Waals surface area contributed by atoms with E-state index in [9.17, 15) is 4.79 Å². The summed E-state index contributed by atoms with van der Waals surface area (Å²) in [6, 6.07) is 0. The summed E-state index contributed by atoms with van der Waals surface area (Å²) in [4.78, 5) is 12.1. The Balaban J connectivity index is 2.36. The first kappa shape index (κ1) is 12.1. The van der Waals surface area contributed by atoms with Gasteiger partial charge in [-0.1, -0.05) is 6.58 Å². The van der Waals surface area contributed by atoms with Crippen LogP contribution in [0.25, 0.3) is 5.57 Å². The molecular formula is C15H17NO3. The molecule has 1 atom stereocenters. The number of hydrogen-bond acceptors (Lipinski definition) is 3. The molecule has 2 aliphatic heterocycles. The molecule has 1 unspecified atom stereocenters. The average Bonchev–Trinajstić information content (AvgIpc) is 2.70. The zero-order valence-electron chi connectivity index (χ0n) is 11.4. The summed E-state index contributed by atoms with van der Waals surface area (Å²) in [7, 11) is 0. The molecule has 0 spiro atoms. The third-order valence-electron chi connectivity index (χ3n) is 3.63. The third kappa shape index (κ3) is 1.63. The van der Waals surface area contributed by atoms with Gasteiger partial charge in [0.15, 0.2) is 11.5 Å². The minimum Gasteiger partial charge on any atom is -0.451 e. The number of rotatable bonds is 1. The molecule has 4 nitrogen and oxygen atoms in total. The normalized spacial score (nSPS) is 19.9. The lowest BCUT2D eigenvalue weighted by Crippen LogP contribution is -2.33. The van der Waals surface area contributed by atoms with Crippen LogP contribution >= 0.6 is 0 Å². The molecule has 0 aliphatic carbocycles. The standard InChI is InChI=1S/C15H17NO3/c1-7(2)11-10-5-6-16-15(17)12(10)8(3)13-14(11)19-9(4)18-13/h9H,1,5-6H2,2-4H3,(H,16,17). The number of carbonyl (C=O) groups excluding carboxylic acids is 1. The molecule has 4 heteroatoms. The fourth-order valence-electron chi connectivity index (χ4n) is 2.89. The molecule has 1 aromatic rings. The first-order valence-electron chi connectivity index (χ1n) is 6.47. The molecule has 0 fully saturated rings. The summed E-state index contributed by atoms with van der Waals surface area (Å²) >= 11 is 0. The summed E-state index contributed by atoms with van der Waals surface area (Å²) in [5.74, 6) is 1.39. The number of fused-ring (bicyclic) bond motifs is 2. The lowest BCUT2D eigenvalue weighted by Gasteiger charge is -2.23. The van der Waals surface area contributed by atoms with Crippen LogP contribution in [0.15, 0.2) is 6.58 Å². The first-order chi connectivity index (χ1) is 9.00. The molecule has 3 rings (SSSR count). The Bertz CT molecular complexity index is 604. The van der Waals surface area contributed by atoms with Crippen LogP contribution < -0.4 is 14.8 Å². The van der Waals surface area contributed by atoms with E-state index in [0.717, 1.165) is 40.0 Å². The van der Waals surface area contributed by atoms with Gasteiger partial charge in [0.1, 0.15) is 0 Å². The monoisotopic (exact) mass is 259 g/mol. The Kier molecular flexibility index (Phi) is 2.55. The number of ether oxygens (including phenoxy) is 2. The lowest BCUT2D eigenvalue weighted by molar-refractivity contribution is 0.0672. The maximum atomic E-state index is 12.1. The molecule has 0 saturated heterocycles. The van der Waals surface area contributed by atoms with Crippen LogP contribution in [0.5, 0.6) is 11.5 Å². The molecule has 1 N–H and O–H groups in total. The molecule has 0 radical (unpaired) electrons. The van der Waals surface area contributed by atoms with Crippen LogP contribution in [-0.4, -0.2) is 18.7 Å². The zero-order chi connectivity index (χ0) is 13.7. The smallest absolute Gasteiger partial charge is 0.252 e. The highest BCUT2D eigenvalue weighted by Crippen LogP contribution is 2.47. The highest BCUT2D eigenvalue weighted by molar-refractivity contribution is 6.01. The van der Waals surface area contributed by atoms with Gasteiger partial charge < -0.3 is 14.8 Å². The lowest BCUT2D eigenvalue weighted by atomic mass is 9.87. The number of allylic oxidation sites excluding steroid dienone is 1. The van der Waals surface area contributed by atoms with Gasteiger partial charge in [-0.15, -0.1) is 0 Å². The Hall–Kier alpha value is -1.97. The van der Waals surface area contributed by atoms with Crippen molar-refractivity contribution in [3.05, 3.63) is 28.8 Å². The second-order valence-electron chi connectivity index (χ2n) is 5.10. The summed E-state index contributed by atoms with van der Waals surface area (Å²) in [5, 5.41) is 2.88. The minimum atomic E-state index is -0.321. The van der Waals surface area contributed by atoms with Gasteiger partial charge in [0.25, 0.3) is 5.91 Å². The number of nitrogens with one attached hydrogen (secondary N) is 1. The van der Waals surface area contributed by atoms with Crippen LogP contribution in [0, 0.1) is 6.92 Å². The Labute approximate surface area is 112 Å². The molecule has 100 valence electrons. The number of benzene rings is 1. The van der Waals surface area contributed by atoms with Crippen molar-refractivity contribution in [3.63, 3.8) is 0 Å². The molecule has 19 heavy (non-hydrogen) atoms. The molecule has 0 bridgehead atoms. The quantitative estimate of drug-likeness (QED) is 0.842. The van der Waals surface area contributed by atoms with E-state index in [1.54, 1.807) is 0 Å². The molecule has 1 amide bonds. The Morgan fingerprint density at radius 1 is 1.37 bits per heavy atom. The largest absolute Gasteiger partial charge is 0.451 e. The highest BCUT2D eigenvalue weighted by Gasteiger charge is 2.34. The van der Waals surface area contributed by atoms with Crippen molar-refractivity contribution in [2.24, 2.45) is 0 Å². The van der Waals surface area contributed by atoms with Crippen molar-refractivity contribution >= 4 is 11.5 Å². The van der Waals surface area contributed by atoms with Crippen molar-refractivity contribution in [3.8, 4) is 11.5 Å². The van der Waals surface area contributed by atoms with Gasteiger partial charge in [0.05, 0.1) is 5.56 Å². The zero-order valence-corrected chi connectivity index (χ0v) is 11.4. The summed E-state index contributed by atoms with van der Waals surface area (Å²) in [6.45, 7) is 10.4. The summed E-state index contributed by atoms with van der Waals surface area (Å²) in [5.41, 5.74) is 4.46. The molecule has 1 aromatic carbocycles. The highest BCUT2D eigenvalue weighted by atomic mass is 16.7. The Morgan fingerprint density at radius 2 is 2.05 bits per heavy atom. The van der Waals surface area contributed by atoms with Crippen molar-refractivity contribution in [2.45, 2.75) is 33.5 Å². The van der Waals surface area contributed by atoms with E-state index in [1.165, 1.54) is 0 Å². The summed E-state index contributed by atoms with van der Waals surface area (Å²) < 4.78 is 11.5. The van der Waals surface area contributed by atoms with Gasteiger partial charge in [-0.2, -0.15) is 0 Å². The topological polar surface area (TPSA) is 47.6 Å². The van der Waals surface area contributed by atoms with E-state index in [0.29, 0.717) is 12.3 Å². The van der Waals surface area contributed by atoms with Crippen LogP contribution in [0.4, 0.5) is 0 Å². The molecule has 2 aliphatic rings. The number of hydrogen-bond donors (Lipinski definition) is 1. The maximum absolute atomic E-state index is 12.1. The van der Waals surface area contributed by atoms with Gasteiger partial charge >= 0.3 is 0 Å². The SMILES string of the molecule is C=C(C)c1c2c(c(C)c3c1OC(C)O3)C(=O)NCC2. The van der Waals surface area contributed by atoms with E-state index >= 15 is 0 Å². The third-order valence-corrected chi connectivity index (χ3v) is 3.63. The van der Waals surface area contributed by atoms with E-state index in [1.807, 2.05) is 20.8 Å². The number of carbonyl (C=O) groups is 1. The van der Waals surface area contributed by atoms with Crippen LogP contribution in [-0.2, 0) is 6.42 Å². The minimum absolute atomic E-state index is 0.0350. The molecule has 2 heterocycles. The van der Waals surface area contributed by atoms with Gasteiger partial charge in [0, 0.05) is 24.6 Å². The Morgan fingerprint density at radius 3 is 2.74 bits per heavy atom. The van der Waals surface area contributed by atoms with E-state index < -0.39 is 0 Å². The molecule has 0 saturated carbocycles. The first-order valence-corrected chi connectivity index (χ1v) is 6.47. The van der Waals surface area contributed by atoms with Crippen LogP contribution in [0.3, 0.4) is 0 Å². The van der Waals surface area contributed by atoms with Crippen molar-refractivity contribution in [2.75, 3.05) is 6.54 Å². The van der Waals surface area contributed by atoms with Gasteiger partial charge in [-0.25, -0.2) is 0 Å². The average molecular weight is 259 g/mol. The summed E-state index contributed by atoms with van der Waals surface area (Å²) in [6.07, 6.45) is 0.480. The van der Waals surface area contributed by atoms with Gasteiger partial charge in [0.2, 0.25) is 6.29 Å². The maximum Gasteiger partial charge on any atom is 0.252 e. The van der Waals surface area contributed by atoms with Crippen molar-refractivity contribution in [1.82, 2.24) is 5.32 Å². The second kappa shape index (κ2) is 4.02. The van der Waals surface area contributed by atoms with E-state index in [2.05, 4.69) is 11.9 Å². The van der Waals surface area contributed by atoms with E-state index in [-0.39, 0.29) is 12.2 Å². The molecular weight excluding hydrogens is 242 g/mol. The van der Waals surface area contributed by atoms with Gasteiger partial charge in [-0.3, -0.25) is 4.79 Å². The fraction of sp³-hybridized carbons (Fsp3) is 0.400.